The fourth-order valence-corrected chi connectivity index (χ4v) is 2.39. The van der Waals surface area contributed by atoms with E-state index in [0.29, 0.717) is 6.42 Å². The van der Waals surface area contributed by atoms with Crippen molar-refractivity contribution >= 4 is 15.9 Å². The highest BCUT2D eigenvalue weighted by Crippen LogP contribution is 2.27. The molecular formula is C15H14BrFO2. The number of rotatable bonds is 4. The van der Waals surface area contributed by atoms with Gasteiger partial charge in [-0.15, -0.1) is 0 Å². The summed E-state index contributed by atoms with van der Waals surface area (Å²) < 4.78 is 19.9. The Bertz CT molecular complexity index is 572. The molecule has 0 heterocycles. The molecule has 1 N–H and O–H groups in total. The summed E-state index contributed by atoms with van der Waals surface area (Å²) in [6, 6.07) is 12.4. The van der Waals surface area contributed by atoms with E-state index in [4.69, 9.17) is 4.74 Å². The monoisotopic (exact) mass is 324 g/mol. The first-order chi connectivity index (χ1) is 9.11. The Kier molecular flexibility index (Phi) is 4.56. The largest absolute Gasteiger partial charge is 0.494 e. The molecule has 0 spiro atoms. The van der Waals surface area contributed by atoms with Crippen molar-refractivity contribution in [3.05, 3.63) is 63.9 Å². The van der Waals surface area contributed by atoms with Crippen LogP contribution in [0.25, 0.3) is 0 Å². The minimum absolute atomic E-state index is 0.144. The van der Waals surface area contributed by atoms with Crippen molar-refractivity contribution in [1.29, 1.82) is 0 Å². The lowest BCUT2D eigenvalue weighted by atomic mass is 10.0. The summed E-state index contributed by atoms with van der Waals surface area (Å²) in [6.45, 7) is 0. The molecule has 0 saturated carbocycles. The molecule has 100 valence electrons. The predicted molar refractivity (Wildman–Crippen MR) is 75.8 cm³/mol. The molecule has 0 bridgehead atoms. The van der Waals surface area contributed by atoms with Crippen LogP contribution in [-0.2, 0) is 6.42 Å². The van der Waals surface area contributed by atoms with Gasteiger partial charge in [0.15, 0.2) is 11.6 Å². The SMILES string of the molecule is COc1cccc(C(O)Cc2cccc(Br)c2)c1F. The van der Waals surface area contributed by atoms with E-state index >= 15 is 0 Å². The molecule has 4 heteroatoms. The Morgan fingerprint density at radius 1 is 1.26 bits per heavy atom. The summed E-state index contributed by atoms with van der Waals surface area (Å²) in [5.41, 5.74) is 1.18. The van der Waals surface area contributed by atoms with Gasteiger partial charge in [-0.25, -0.2) is 4.39 Å². The molecule has 2 nitrogen and oxygen atoms in total. The van der Waals surface area contributed by atoms with E-state index in [9.17, 15) is 9.50 Å². The first-order valence-corrected chi connectivity index (χ1v) is 6.66. The van der Waals surface area contributed by atoms with Gasteiger partial charge in [-0.2, -0.15) is 0 Å². The third kappa shape index (κ3) is 3.33. The third-order valence-corrected chi connectivity index (χ3v) is 3.38. The van der Waals surface area contributed by atoms with Crippen LogP contribution in [0.4, 0.5) is 4.39 Å². The van der Waals surface area contributed by atoms with Gasteiger partial charge in [0, 0.05) is 16.5 Å². The van der Waals surface area contributed by atoms with Crippen LogP contribution in [0.5, 0.6) is 5.75 Å². The van der Waals surface area contributed by atoms with Crippen LogP contribution in [0.2, 0.25) is 0 Å². The van der Waals surface area contributed by atoms with Gasteiger partial charge in [-0.1, -0.05) is 40.2 Å². The lowest BCUT2D eigenvalue weighted by molar-refractivity contribution is 0.172. The van der Waals surface area contributed by atoms with E-state index in [0.717, 1.165) is 10.0 Å². The lowest BCUT2D eigenvalue weighted by Gasteiger charge is -2.14. The first-order valence-electron chi connectivity index (χ1n) is 5.86. The summed E-state index contributed by atoms with van der Waals surface area (Å²) >= 11 is 3.37. The number of aliphatic hydroxyl groups excluding tert-OH is 1. The summed E-state index contributed by atoms with van der Waals surface area (Å²) in [4.78, 5) is 0. The second-order valence-electron chi connectivity index (χ2n) is 4.21. The van der Waals surface area contributed by atoms with Crippen LogP contribution in [0.15, 0.2) is 46.9 Å². The maximum atomic E-state index is 14.0. The summed E-state index contributed by atoms with van der Waals surface area (Å²) in [7, 11) is 1.41. The zero-order chi connectivity index (χ0) is 13.8. The van der Waals surface area contributed by atoms with Crippen LogP contribution >= 0.6 is 15.9 Å². The summed E-state index contributed by atoms with van der Waals surface area (Å²) in [5, 5.41) is 10.2. The summed E-state index contributed by atoms with van der Waals surface area (Å²) in [5.74, 6) is -0.363. The van der Waals surface area contributed by atoms with E-state index in [1.165, 1.54) is 13.2 Å². The molecule has 0 saturated heterocycles. The normalized spacial score (nSPS) is 12.2. The van der Waals surface area contributed by atoms with Gasteiger partial charge in [0.1, 0.15) is 0 Å². The molecule has 0 fully saturated rings. The van der Waals surface area contributed by atoms with Gasteiger partial charge in [-0.3, -0.25) is 0 Å². The standard InChI is InChI=1S/C15H14BrFO2/c1-19-14-7-3-6-12(15(14)17)13(18)9-10-4-2-5-11(16)8-10/h2-8,13,18H,9H2,1H3. The molecule has 1 atom stereocenters. The Morgan fingerprint density at radius 2 is 2.00 bits per heavy atom. The minimum Gasteiger partial charge on any atom is -0.494 e. The number of halogens is 2. The van der Waals surface area contributed by atoms with E-state index in [1.807, 2.05) is 24.3 Å². The first kappa shape index (κ1) is 14.0. The van der Waals surface area contributed by atoms with Crippen LogP contribution < -0.4 is 4.74 Å². The van der Waals surface area contributed by atoms with E-state index < -0.39 is 11.9 Å². The molecule has 2 rings (SSSR count). The van der Waals surface area contributed by atoms with Crippen LogP contribution in [-0.4, -0.2) is 12.2 Å². The molecule has 0 aliphatic heterocycles. The van der Waals surface area contributed by atoms with E-state index in [2.05, 4.69) is 15.9 Å². The number of aliphatic hydroxyl groups is 1. The molecule has 2 aromatic rings. The number of hydrogen-bond donors (Lipinski definition) is 1. The van der Waals surface area contributed by atoms with Gasteiger partial charge in [0.05, 0.1) is 13.2 Å². The molecule has 0 radical (unpaired) electrons. The number of benzene rings is 2. The topological polar surface area (TPSA) is 29.5 Å². The molecule has 2 aromatic carbocycles. The average molecular weight is 325 g/mol. The highest BCUT2D eigenvalue weighted by atomic mass is 79.9. The Hall–Kier alpha value is -1.39. The highest BCUT2D eigenvalue weighted by Gasteiger charge is 2.16. The fraction of sp³-hybridized carbons (Fsp3) is 0.200. The van der Waals surface area contributed by atoms with Gasteiger partial charge < -0.3 is 9.84 Å². The van der Waals surface area contributed by atoms with Crippen molar-refractivity contribution < 1.29 is 14.2 Å². The third-order valence-electron chi connectivity index (χ3n) is 2.89. The van der Waals surface area contributed by atoms with Gasteiger partial charge >= 0.3 is 0 Å². The van der Waals surface area contributed by atoms with Gasteiger partial charge in [0.2, 0.25) is 0 Å². The van der Waals surface area contributed by atoms with Crippen LogP contribution in [0.1, 0.15) is 17.2 Å². The zero-order valence-electron chi connectivity index (χ0n) is 10.4. The molecule has 19 heavy (non-hydrogen) atoms. The second kappa shape index (κ2) is 6.17. The number of ether oxygens (including phenoxy) is 1. The molecule has 0 amide bonds. The molecule has 0 aromatic heterocycles. The predicted octanol–water partition coefficient (Wildman–Crippen LogP) is 3.87. The smallest absolute Gasteiger partial charge is 0.170 e. The van der Waals surface area contributed by atoms with Gasteiger partial charge in [-0.05, 0) is 23.8 Å². The van der Waals surface area contributed by atoms with E-state index in [1.54, 1.807) is 12.1 Å². The van der Waals surface area contributed by atoms with Crippen LogP contribution in [0.3, 0.4) is 0 Å². The fourth-order valence-electron chi connectivity index (χ4n) is 1.94. The van der Waals surface area contributed by atoms with Crippen molar-refractivity contribution in [1.82, 2.24) is 0 Å². The molecule has 1 unspecified atom stereocenters. The number of hydrogen-bond acceptors (Lipinski definition) is 2. The average Bonchev–Trinajstić information content (AvgIpc) is 2.39. The maximum absolute atomic E-state index is 14.0. The minimum atomic E-state index is -0.899. The molecule has 0 aliphatic carbocycles. The van der Waals surface area contributed by atoms with Crippen molar-refractivity contribution in [2.24, 2.45) is 0 Å². The van der Waals surface area contributed by atoms with E-state index in [-0.39, 0.29) is 11.3 Å². The lowest BCUT2D eigenvalue weighted by Crippen LogP contribution is -2.05. The highest BCUT2D eigenvalue weighted by molar-refractivity contribution is 9.10. The second-order valence-corrected chi connectivity index (χ2v) is 5.13. The quantitative estimate of drug-likeness (QED) is 0.925. The van der Waals surface area contributed by atoms with Crippen molar-refractivity contribution in [3.63, 3.8) is 0 Å². The van der Waals surface area contributed by atoms with Crippen molar-refractivity contribution in [3.8, 4) is 5.75 Å². The van der Waals surface area contributed by atoms with Crippen molar-refractivity contribution in [2.45, 2.75) is 12.5 Å². The number of methoxy groups -OCH3 is 1. The Labute approximate surface area is 120 Å². The molecule has 0 aliphatic rings. The van der Waals surface area contributed by atoms with Crippen LogP contribution in [0, 0.1) is 5.82 Å². The molecular weight excluding hydrogens is 311 g/mol. The zero-order valence-corrected chi connectivity index (χ0v) is 12.0. The van der Waals surface area contributed by atoms with Crippen molar-refractivity contribution in [2.75, 3.05) is 7.11 Å². The Balaban J connectivity index is 2.23. The van der Waals surface area contributed by atoms with Gasteiger partial charge in [0.25, 0.3) is 0 Å². The summed E-state index contributed by atoms with van der Waals surface area (Å²) in [6.07, 6.45) is -0.548. The maximum Gasteiger partial charge on any atom is 0.170 e. The Morgan fingerprint density at radius 3 is 2.68 bits per heavy atom.